The van der Waals surface area contributed by atoms with E-state index in [2.05, 4.69) is 5.32 Å². The molecule has 2 aliphatic rings. The van der Waals surface area contributed by atoms with Gasteiger partial charge in [-0.1, -0.05) is 25.0 Å². The molecular weight excluding hydrogens is 252 g/mol. The van der Waals surface area contributed by atoms with Crippen molar-refractivity contribution < 1.29 is 9.59 Å². The number of carbonyl (C=O) groups is 2. The van der Waals surface area contributed by atoms with E-state index < -0.39 is 11.6 Å². The van der Waals surface area contributed by atoms with Crippen LogP contribution in [-0.2, 0) is 9.59 Å². The standard InChI is InChI=1S/C16H20N2O2/c1-11-6-5-7-13(10-11)18-12(2)14(19)17-16(15(18)20)8-3-4-9-16/h5-7,10,12H,3-4,8-9H2,1-2H3,(H,17,19). The fourth-order valence-corrected chi connectivity index (χ4v) is 3.35. The van der Waals surface area contributed by atoms with Gasteiger partial charge in [-0.3, -0.25) is 14.5 Å². The fraction of sp³-hybridized carbons (Fsp3) is 0.500. The molecule has 1 aliphatic carbocycles. The molecule has 1 spiro atoms. The first-order chi connectivity index (χ1) is 9.53. The predicted octanol–water partition coefficient (Wildman–Crippen LogP) is 2.16. The first kappa shape index (κ1) is 13.2. The van der Waals surface area contributed by atoms with Gasteiger partial charge < -0.3 is 5.32 Å². The summed E-state index contributed by atoms with van der Waals surface area (Å²) in [6.07, 6.45) is 3.52. The zero-order valence-electron chi connectivity index (χ0n) is 12.0. The van der Waals surface area contributed by atoms with Crippen molar-refractivity contribution in [3.63, 3.8) is 0 Å². The molecule has 2 fully saturated rings. The number of carbonyl (C=O) groups excluding carboxylic acids is 2. The van der Waals surface area contributed by atoms with Gasteiger partial charge in [0, 0.05) is 5.69 Å². The van der Waals surface area contributed by atoms with Gasteiger partial charge in [-0.05, 0) is 44.4 Å². The summed E-state index contributed by atoms with van der Waals surface area (Å²) >= 11 is 0. The Morgan fingerprint density at radius 1 is 1.25 bits per heavy atom. The maximum Gasteiger partial charge on any atom is 0.253 e. The maximum atomic E-state index is 12.9. The number of nitrogens with one attached hydrogen (secondary N) is 1. The zero-order chi connectivity index (χ0) is 14.3. The van der Waals surface area contributed by atoms with Gasteiger partial charge >= 0.3 is 0 Å². The van der Waals surface area contributed by atoms with Crippen LogP contribution in [0.25, 0.3) is 0 Å². The molecule has 0 radical (unpaired) electrons. The normalized spacial score (nSPS) is 25.1. The molecule has 1 unspecified atom stereocenters. The summed E-state index contributed by atoms with van der Waals surface area (Å²) in [7, 11) is 0. The molecule has 1 aromatic rings. The van der Waals surface area contributed by atoms with Gasteiger partial charge in [0.2, 0.25) is 5.91 Å². The van der Waals surface area contributed by atoms with Crippen LogP contribution in [0.2, 0.25) is 0 Å². The van der Waals surface area contributed by atoms with Crippen LogP contribution in [0.15, 0.2) is 24.3 Å². The number of hydrogen-bond acceptors (Lipinski definition) is 2. The lowest BCUT2D eigenvalue weighted by atomic mass is 9.90. The van der Waals surface area contributed by atoms with Crippen LogP contribution < -0.4 is 10.2 Å². The molecule has 106 valence electrons. The van der Waals surface area contributed by atoms with E-state index in [9.17, 15) is 9.59 Å². The van der Waals surface area contributed by atoms with Gasteiger partial charge in [0.15, 0.2) is 0 Å². The van der Waals surface area contributed by atoms with Crippen LogP contribution in [0.5, 0.6) is 0 Å². The zero-order valence-corrected chi connectivity index (χ0v) is 12.0. The van der Waals surface area contributed by atoms with E-state index in [0.29, 0.717) is 0 Å². The average Bonchev–Trinajstić information content (AvgIpc) is 2.87. The molecule has 2 amide bonds. The number of anilines is 1. The first-order valence-electron chi connectivity index (χ1n) is 7.26. The number of piperazine rings is 1. The Morgan fingerprint density at radius 3 is 2.60 bits per heavy atom. The third-order valence-corrected chi connectivity index (χ3v) is 4.49. The highest BCUT2D eigenvalue weighted by atomic mass is 16.2. The fourth-order valence-electron chi connectivity index (χ4n) is 3.35. The molecular formula is C16H20N2O2. The third-order valence-electron chi connectivity index (χ3n) is 4.49. The minimum absolute atomic E-state index is 0.0481. The first-order valence-corrected chi connectivity index (χ1v) is 7.26. The molecule has 1 aromatic carbocycles. The van der Waals surface area contributed by atoms with E-state index in [4.69, 9.17) is 0 Å². The number of rotatable bonds is 1. The summed E-state index contributed by atoms with van der Waals surface area (Å²) in [5.74, 6) is 0.000654. The van der Waals surface area contributed by atoms with E-state index in [0.717, 1.165) is 36.9 Å². The molecule has 4 heteroatoms. The maximum absolute atomic E-state index is 12.9. The van der Waals surface area contributed by atoms with Crippen molar-refractivity contribution in [2.24, 2.45) is 0 Å². The SMILES string of the molecule is Cc1cccc(N2C(=O)C3(CCCC3)NC(=O)C2C)c1. The minimum atomic E-state index is -0.659. The molecule has 1 N–H and O–H groups in total. The van der Waals surface area contributed by atoms with E-state index >= 15 is 0 Å². The second kappa shape index (κ2) is 4.62. The van der Waals surface area contributed by atoms with Crippen molar-refractivity contribution in [1.29, 1.82) is 0 Å². The van der Waals surface area contributed by atoms with Crippen LogP contribution in [0.1, 0.15) is 38.2 Å². The minimum Gasteiger partial charge on any atom is -0.340 e. The van der Waals surface area contributed by atoms with E-state index in [-0.39, 0.29) is 11.8 Å². The highest BCUT2D eigenvalue weighted by Gasteiger charge is 2.51. The summed E-state index contributed by atoms with van der Waals surface area (Å²) in [6, 6.07) is 7.35. The van der Waals surface area contributed by atoms with Gasteiger partial charge in [-0.2, -0.15) is 0 Å². The molecule has 1 saturated carbocycles. The van der Waals surface area contributed by atoms with Crippen molar-refractivity contribution in [3.8, 4) is 0 Å². The Morgan fingerprint density at radius 2 is 1.95 bits per heavy atom. The lowest BCUT2D eigenvalue weighted by molar-refractivity contribution is -0.137. The van der Waals surface area contributed by atoms with Gasteiger partial charge in [0.05, 0.1) is 0 Å². The van der Waals surface area contributed by atoms with Crippen molar-refractivity contribution in [3.05, 3.63) is 29.8 Å². The van der Waals surface area contributed by atoms with Crippen LogP contribution in [0.4, 0.5) is 5.69 Å². The lowest BCUT2D eigenvalue weighted by Crippen LogP contribution is -2.69. The van der Waals surface area contributed by atoms with E-state index in [1.165, 1.54) is 0 Å². The number of hydrogen-bond donors (Lipinski definition) is 1. The average molecular weight is 272 g/mol. The van der Waals surface area contributed by atoms with Crippen molar-refractivity contribution >= 4 is 17.5 Å². The highest BCUT2D eigenvalue weighted by Crippen LogP contribution is 2.36. The number of benzene rings is 1. The molecule has 4 nitrogen and oxygen atoms in total. The van der Waals surface area contributed by atoms with Crippen molar-refractivity contribution in [1.82, 2.24) is 5.32 Å². The van der Waals surface area contributed by atoms with Crippen LogP contribution in [-0.4, -0.2) is 23.4 Å². The third kappa shape index (κ3) is 1.90. The van der Waals surface area contributed by atoms with Gasteiger partial charge in [-0.25, -0.2) is 0 Å². The molecule has 3 rings (SSSR count). The Balaban J connectivity index is 2.03. The molecule has 1 atom stereocenters. The predicted molar refractivity (Wildman–Crippen MR) is 77.5 cm³/mol. The second-order valence-corrected chi connectivity index (χ2v) is 5.97. The molecule has 1 aliphatic heterocycles. The quantitative estimate of drug-likeness (QED) is 0.851. The summed E-state index contributed by atoms with van der Waals surface area (Å²) < 4.78 is 0. The highest BCUT2D eigenvalue weighted by molar-refractivity contribution is 6.10. The van der Waals surface area contributed by atoms with Gasteiger partial charge in [0.1, 0.15) is 11.6 Å². The summed E-state index contributed by atoms with van der Waals surface area (Å²) in [6.45, 7) is 3.78. The number of nitrogens with zero attached hydrogens (tertiary/aromatic N) is 1. The second-order valence-electron chi connectivity index (χ2n) is 5.97. The Labute approximate surface area is 119 Å². The van der Waals surface area contributed by atoms with Crippen molar-refractivity contribution in [2.45, 2.75) is 51.1 Å². The topological polar surface area (TPSA) is 49.4 Å². The summed E-state index contributed by atoms with van der Waals surface area (Å²) in [4.78, 5) is 26.9. The smallest absolute Gasteiger partial charge is 0.253 e. The summed E-state index contributed by atoms with van der Waals surface area (Å²) in [5, 5.41) is 2.98. The van der Waals surface area contributed by atoms with Crippen LogP contribution in [0.3, 0.4) is 0 Å². The number of aryl methyl sites for hydroxylation is 1. The molecule has 0 aromatic heterocycles. The largest absolute Gasteiger partial charge is 0.340 e. The molecule has 1 saturated heterocycles. The lowest BCUT2D eigenvalue weighted by Gasteiger charge is -2.43. The van der Waals surface area contributed by atoms with E-state index in [1.54, 1.807) is 11.8 Å². The van der Waals surface area contributed by atoms with Crippen molar-refractivity contribution in [2.75, 3.05) is 4.90 Å². The number of amides is 2. The summed E-state index contributed by atoms with van der Waals surface area (Å²) in [5.41, 5.74) is 1.26. The van der Waals surface area contributed by atoms with Gasteiger partial charge in [0.25, 0.3) is 5.91 Å². The molecule has 1 heterocycles. The molecule has 0 bridgehead atoms. The Hall–Kier alpha value is -1.84. The van der Waals surface area contributed by atoms with Crippen LogP contribution in [0, 0.1) is 6.92 Å². The van der Waals surface area contributed by atoms with Gasteiger partial charge in [-0.15, -0.1) is 0 Å². The Bertz CT molecular complexity index is 561. The monoisotopic (exact) mass is 272 g/mol. The van der Waals surface area contributed by atoms with E-state index in [1.807, 2.05) is 31.2 Å². The molecule has 20 heavy (non-hydrogen) atoms. The van der Waals surface area contributed by atoms with Crippen LogP contribution >= 0.6 is 0 Å². The Kier molecular flexibility index (Phi) is 3.04.